The number of aliphatic hydroxyl groups is 5. The van der Waals surface area contributed by atoms with E-state index in [-0.39, 0.29) is 22.7 Å². The molecule has 0 amide bonds. The summed E-state index contributed by atoms with van der Waals surface area (Å²) in [5, 5.41) is 50.0. The molecule has 2 aromatic heterocycles. The Kier molecular flexibility index (Phi) is 7.97. The Hall–Kier alpha value is -2.09. The molecule has 6 unspecified atom stereocenters. The number of fused-ring (bicyclic) bond motifs is 1. The number of hydrogen-bond donors (Lipinski definition) is 7. The molecule has 4 rings (SSSR count). The summed E-state index contributed by atoms with van der Waals surface area (Å²) in [5.41, 5.74) is 4.59. The van der Waals surface area contributed by atoms with Crippen molar-refractivity contribution in [1.29, 1.82) is 0 Å². The molecule has 2 aliphatic rings. The van der Waals surface area contributed by atoms with E-state index < -0.39 is 76.8 Å². The standard InChI is InChI=1S/C17H25N5O14P2/c1-5-2-6(10(24)12(26)9(5)23)35-38(31,32)36-37(29,30)33-3-7-11(25)13(27)16(34-7)22-4-19-8-14(22)20-17(18)21-15(8)28/h2,4,6-7,9-13,16,23-27H,3H2,1H3,(H,29,30)(H,31,32)(H3,18,20,21,28)/p-2/t6-,7+,9+,10?,11?,12?,13?,16+/m0/s1. The first-order chi connectivity index (χ1) is 17.6. The number of hydrogen-bond acceptors (Lipinski definition) is 17. The third-order valence-electron chi connectivity index (χ3n) is 5.81. The van der Waals surface area contributed by atoms with E-state index in [1.165, 1.54) is 6.92 Å². The Balaban J connectivity index is 1.41. The van der Waals surface area contributed by atoms with Gasteiger partial charge in [-0.05, 0) is 12.5 Å². The number of imidazole rings is 1. The summed E-state index contributed by atoms with van der Waals surface area (Å²) >= 11 is 0. The van der Waals surface area contributed by atoms with Gasteiger partial charge in [-0.15, -0.1) is 0 Å². The number of nitrogen functional groups attached to an aromatic ring is 1. The van der Waals surface area contributed by atoms with Crippen LogP contribution in [-0.2, 0) is 27.2 Å². The van der Waals surface area contributed by atoms with Crippen LogP contribution in [0.1, 0.15) is 13.2 Å². The highest BCUT2D eigenvalue weighted by molar-refractivity contribution is 7.59. The quantitative estimate of drug-likeness (QED) is 0.114. The van der Waals surface area contributed by atoms with E-state index in [0.29, 0.717) is 0 Å². The summed E-state index contributed by atoms with van der Waals surface area (Å²) in [6.07, 6.45) is -11.5. The molecule has 0 saturated carbocycles. The van der Waals surface area contributed by atoms with E-state index in [1.54, 1.807) is 0 Å². The lowest BCUT2D eigenvalue weighted by atomic mass is 9.91. The summed E-state index contributed by atoms with van der Waals surface area (Å²) in [5.74, 6) is -0.275. The van der Waals surface area contributed by atoms with E-state index in [4.69, 9.17) is 10.5 Å². The fraction of sp³-hybridized carbons (Fsp3) is 0.588. The van der Waals surface area contributed by atoms with Crippen LogP contribution >= 0.6 is 15.6 Å². The van der Waals surface area contributed by atoms with E-state index in [9.17, 15) is 49.2 Å². The molecule has 1 fully saturated rings. The first-order valence-electron chi connectivity index (χ1n) is 10.7. The topological polar surface area (TPSA) is 308 Å². The molecule has 3 heterocycles. The summed E-state index contributed by atoms with van der Waals surface area (Å²) < 4.78 is 43.7. The number of phosphoric acid groups is 2. The second kappa shape index (κ2) is 10.5. The van der Waals surface area contributed by atoms with Gasteiger partial charge in [0.1, 0.15) is 42.7 Å². The largest absolute Gasteiger partial charge is 0.756 e. The van der Waals surface area contributed by atoms with Crippen LogP contribution in [0.4, 0.5) is 5.95 Å². The van der Waals surface area contributed by atoms with Crippen molar-refractivity contribution < 1.29 is 62.5 Å². The maximum absolute atomic E-state index is 12.1. The van der Waals surface area contributed by atoms with E-state index in [1.807, 2.05) is 0 Å². The first kappa shape index (κ1) is 28.9. The van der Waals surface area contributed by atoms with Gasteiger partial charge >= 0.3 is 0 Å². The van der Waals surface area contributed by atoms with Crippen molar-refractivity contribution in [2.24, 2.45) is 0 Å². The highest BCUT2D eigenvalue weighted by atomic mass is 31.3. The van der Waals surface area contributed by atoms with Gasteiger partial charge in [-0.25, -0.2) is 9.29 Å². The monoisotopic (exact) mass is 583 g/mol. The fourth-order valence-corrected chi connectivity index (χ4v) is 6.04. The number of H-pyrrole nitrogens is 1. The maximum atomic E-state index is 12.1. The maximum Gasteiger partial charge on any atom is 0.280 e. The van der Waals surface area contributed by atoms with Gasteiger partial charge in [0.05, 0.1) is 12.9 Å². The molecule has 21 heteroatoms. The fourth-order valence-electron chi connectivity index (χ4n) is 3.90. The van der Waals surface area contributed by atoms with Crippen LogP contribution in [0.5, 0.6) is 0 Å². The summed E-state index contributed by atoms with van der Waals surface area (Å²) in [7, 11) is -11.4. The predicted molar refractivity (Wildman–Crippen MR) is 117 cm³/mol. The van der Waals surface area contributed by atoms with Gasteiger partial charge in [-0.3, -0.25) is 23.5 Å². The molecular weight excluding hydrogens is 560 g/mol. The lowest BCUT2D eigenvalue weighted by molar-refractivity contribution is -0.249. The number of aromatic nitrogens is 4. The van der Waals surface area contributed by atoms with Crippen molar-refractivity contribution >= 4 is 32.8 Å². The molecule has 0 radical (unpaired) electrons. The molecule has 1 aliphatic carbocycles. The molecule has 212 valence electrons. The molecule has 8 N–H and O–H groups in total. The second-order valence-corrected chi connectivity index (χ2v) is 11.4. The average Bonchev–Trinajstić information content (AvgIpc) is 3.35. The Bertz CT molecular complexity index is 1380. The van der Waals surface area contributed by atoms with E-state index >= 15 is 0 Å². The summed E-state index contributed by atoms with van der Waals surface area (Å²) in [4.78, 5) is 46.2. The third kappa shape index (κ3) is 5.75. The summed E-state index contributed by atoms with van der Waals surface area (Å²) in [6.45, 7) is 0.271. The van der Waals surface area contributed by atoms with Crippen molar-refractivity contribution in [1.82, 2.24) is 19.5 Å². The van der Waals surface area contributed by atoms with Crippen molar-refractivity contribution in [2.45, 2.75) is 55.9 Å². The zero-order chi connectivity index (χ0) is 28.2. The van der Waals surface area contributed by atoms with Crippen molar-refractivity contribution in [2.75, 3.05) is 12.3 Å². The molecular formula is C17H23N5O14P2-2. The smallest absolute Gasteiger partial charge is 0.280 e. The number of nitrogens with zero attached hydrogens (tertiary/aromatic N) is 3. The lowest BCUT2D eigenvalue weighted by Crippen LogP contribution is -2.49. The molecule has 0 aromatic carbocycles. The molecule has 2 aromatic rings. The molecule has 0 spiro atoms. The minimum absolute atomic E-state index is 0.0444. The highest BCUT2D eigenvalue weighted by Crippen LogP contribution is 2.57. The van der Waals surface area contributed by atoms with Gasteiger partial charge in [0, 0.05) is 0 Å². The molecule has 10 atom stereocenters. The van der Waals surface area contributed by atoms with Crippen LogP contribution in [-0.4, -0.2) is 94.4 Å². The van der Waals surface area contributed by atoms with Gasteiger partial charge in [-0.2, -0.15) is 4.98 Å². The number of anilines is 1. The molecule has 1 aliphatic heterocycles. The Morgan fingerprint density at radius 2 is 1.82 bits per heavy atom. The average molecular weight is 583 g/mol. The minimum Gasteiger partial charge on any atom is -0.756 e. The first-order valence-corrected chi connectivity index (χ1v) is 13.6. The molecule has 1 saturated heterocycles. The number of aliphatic hydroxyl groups excluding tert-OH is 5. The molecule has 38 heavy (non-hydrogen) atoms. The Labute approximate surface area is 211 Å². The summed E-state index contributed by atoms with van der Waals surface area (Å²) in [6, 6.07) is 0. The van der Waals surface area contributed by atoms with Crippen LogP contribution < -0.4 is 21.1 Å². The third-order valence-corrected chi connectivity index (χ3v) is 8.38. The van der Waals surface area contributed by atoms with Gasteiger partial charge in [0.2, 0.25) is 5.95 Å². The van der Waals surface area contributed by atoms with Crippen LogP contribution in [0, 0.1) is 0 Å². The number of aromatic amines is 1. The van der Waals surface area contributed by atoms with Crippen molar-refractivity contribution in [3.05, 3.63) is 28.3 Å². The van der Waals surface area contributed by atoms with Gasteiger partial charge in [0.25, 0.3) is 21.2 Å². The van der Waals surface area contributed by atoms with Crippen LogP contribution in [0.25, 0.3) is 11.2 Å². The number of nitrogens with two attached hydrogens (primary N) is 1. The zero-order valence-corrected chi connectivity index (χ0v) is 21.0. The molecule has 0 bridgehead atoms. The number of rotatable bonds is 8. The SMILES string of the molecule is CC1=C[C@H](OP(=O)([O-])OP(=O)([O-])OC[C@H]2O[C@@H](n3cnc4c(=O)[nH]c(N)nc43)C(O)C2O)C(O)C(O)[C@@H]1O. The van der Waals surface area contributed by atoms with E-state index in [0.717, 1.165) is 17.0 Å². The number of nitrogens with one attached hydrogen (secondary N) is 1. The van der Waals surface area contributed by atoms with Gasteiger partial charge in [-0.1, -0.05) is 6.08 Å². The minimum atomic E-state index is -5.74. The van der Waals surface area contributed by atoms with Gasteiger partial charge < -0.3 is 54.8 Å². The van der Waals surface area contributed by atoms with Crippen molar-refractivity contribution in [3.8, 4) is 0 Å². The Morgan fingerprint density at radius 3 is 2.50 bits per heavy atom. The number of phosphoric ester groups is 2. The van der Waals surface area contributed by atoms with Crippen molar-refractivity contribution in [3.63, 3.8) is 0 Å². The molecule has 19 nitrogen and oxygen atoms in total. The predicted octanol–water partition coefficient (Wildman–Crippen LogP) is -4.28. The van der Waals surface area contributed by atoms with Gasteiger partial charge in [0.15, 0.2) is 17.4 Å². The van der Waals surface area contributed by atoms with Crippen LogP contribution in [0.3, 0.4) is 0 Å². The second-order valence-electron chi connectivity index (χ2n) is 8.50. The van der Waals surface area contributed by atoms with Crippen LogP contribution in [0.2, 0.25) is 0 Å². The normalized spacial score (nSPS) is 35.1. The van der Waals surface area contributed by atoms with E-state index in [2.05, 4.69) is 28.3 Å². The Morgan fingerprint density at radius 1 is 1.13 bits per heavy atom. The number of ether oxygens (including phenoxy) is 1. The zero-order valence-electron chi connectivity index (χ0n) is 19.2. The lowest BCUT2D eigenvalue weighted by Gasteiger charge is -2.37. The highest BCUT2D eigenvalue weighted by Gasteiger charge is 2.45. The van der Waals surface area contributed by atoms with Crippen LogP contribution in [0.15, 0.2) is 22.8 Å².